The zero-order valence-corrected chi connectivity index (χ0v) is 14.1. The molecule has 1 amide bonds. The van der Waals surface area contributed by atoms with Gasteiger partial charge in [0, 0.05) is 18.8 Å². The standard InChI is InChI=1S/C17H23N3O3/c1-11-7-12(2)20(18-11)10-15-5-6-16(23-15)17(21)19-8-13(3)22-14(4)9-19/h5-7,13-14H,8-10H2,1-4H3/t13-,14-/m1/s1. The third kappa shape index (κ3) is 3.47. The van der Waals surface area contributed by atoms with Crippen LogP contribution in [0.15, 0.2) is 22.6 Å². The van der Waals surface area contributed by atoms with Gasteiger partial charge in [-0.05, 0) is 45.9 Å². The van der Waals surface area contributed by atoms with Gasteiger partial charge in [-0.2, -0.15) is 5.10 Å². The van der Waals surface area contributed by atoms with Gasteiger partial charge in [0.2, 0.25) is 0 Å². The second-order valence-electron chi connectivity index (χ2n) is 6.32. The molecule has 3 rings (SSSR count). The molecule has 0 aromatic carbocycles. The van der Waals surface area contributed by atoms with E-state index in [9.17, 15) is 4.79 Å². The highest BCUT2D eigenvalue weighted by Crippen LogP contribution is 2.17. The van der Waals surface area contributed by atoms with E-state index in [-0.39, 0.29) is 18.1 Å². The molecule has 1 saturated heterocycles. The van der Waals surface area contributed by atoms with Gasteiger partial charge in [0.05, 0.1) is 24.4 Å². The summed E-state index contributed by atoms with van der Waals surface area (Å²) in [4.78, 5) is 14.4. The Hall–Kier alpha value is -2.08. The summed E-state index contributed by atoms with van der Waals surface area (Å²) in [7, 11) is 0. The van der Waals surface area contributed by atoms with Crippen LogP contribution in [0.2, 0.25) is 0 Å². The van der Waals surface area contributed by atoms with E-state index < -0.39 is 0 Å². The van der Waals surface area contributed by atoms with Crippen LogP contribution >= 0.6 is 0 Å². The Labute approximate surface area is 136 Å². The van der Waals surface area contributed by atoms with Crippen molar-refractivity contribution >= 4 is 5.91 Å². The summed E-state index contributed by atoms with van der Waals surface area (Å²) in [5.74, 6) is 1.03. The van der Waals surface area contributed by atoms with Crippen LogP contribution in [0, 0.1) is 13.8 Å². The number of furan rings is 1. The van der Waals surface area contributed by atoms with Crippen molar-refractivity contribution in [3.8, 4) is 0 Å². The maximum absolute atomic E-state index is 12.6. The molecule has 0 radical (unpaired) electrons. The summed E-state index contributed by atoms with van der Waals surface area (Å²) in [6, 6.07) is 5.61. The molecule has 6 heteroatoms. The number of morpholine rings is 1. The summed E-state index contributed by atoms with van der Waals surface area (Å²) < 4.78 is 13.3. The Bertz CT molecular complexity index is 694. The number of carbonyl (C=O) groups is 1. The van der Waals surface area contributed by atoms with Crippen molar-refractivity contribution < 1.29 is 13.9 Å². The van der Waals surface area contributed by atoms with E-state index in [4.69, 9.17) is 9.15 Å². The average molecular weight is 317 g/mol. The number of ether oxygens (including phenoxy) is 1. The number of aromatic nitrogens is 2. The summed E-state index contributed by atoms with van der Waals surface area (Å²) in [6.45, 7) is 9.64. The zero-order valence-electron chi connectivity index (χ0n) is 14.1. The number of amides is 1. The smallest absolute Gasteiger partial charge is 0.289 e. The molecule has 2 atom stereocenters. The normalized spacial score (nSPS) is 21.7. The fourth-order valence-electron chi connectivity index (χ4n) is 3.06. The molecular weight excluding hydrogens is 294 g/mol. The molecule has 0 bridgehead atoms. The van der Waals surface area contributed by atoms with Gasteiger partial charge in [-0.3, -0.25) is 9.48 Å². The van der Waals surface area contributed by atoms with Crippen molar-refractivity contribution in [1.29, 1.82) is 0 Å². The highest BCUT2D eigenvalue weighted by molar-refractivity contribution is 5.91. The minimum Gasteiger partial charge on any atom is -0.454 e. The number of aryl methyl sites for hydroxylation is 2. The summed E-state index contributed by atoms with van der Waals surface area (Å²) in [6.07, 6.45) is 0.0960. The Morgan fingerprint density at radius 1 is 1.26 bits per heavy atom. The minimum absolute atomic E-state index is 0.0480. The third-order valence-corrected chi connectivity index (χ3v) is 3.99. The quantitative estimate of drug-likeness (QED) is 0.872. The Kier molecular flexibility index (Phi) is 4.26. The lowest BCUT2D eigenvalue weighted by atomic mass is 10.2. The lowest BCUT2D eigenvalue weighted by Crippen LogP contribution is -2.48. The van der Waals surface area contributed by atoms with Crippen molar-refractivity contribution in [2.75, 3.05) is 13.1 Å². The molecule has 1 aliphatic rings. The number of carbonyl (C=O) groups excluding carboxylic acids is 1. The first-order valence-electron chi connectivity index (χ1n) is 7.97. The minimum atomic E-state index is -0.0772. The first kappa shape index (κ1) is 15.8. The molecule has 2 aromatic heterocycles. The molecule has 0 unspecified atom stereocenters. The predicted molar refractivity (Wildman–Crippen MR) is 85.4 cm³/mol. The maximum Gasteiger partial charge on any atom is 0.289 e. The molecule has 6 nitrogen and oxygen atoms in total. The Balaban J connectivity index is 1.71. The van der Waals surface area contributed by atoms with Gasteiger partial charge in [0.15, 0.2) is 5.76 Å². The number of nitrogens with zero attached hydrogens (tertiary/aromatic N) is 3. The van der Waals surface area contributed by atoms with E-state index in [1.807, 2.05) is 44.5 Å². The van der Waals surface area contributed by atoms with Crippen molar-refractivity contribution in [2.45, 2.75) is 46.4 Å². The average Bonchev–Trinajstić information content (AvgIpc) is 3.04. The lowest BCUT2D eigenvalue weighted by Gasteiger charge is -2.34. The summed E-state index contributed by atoms with van der Waals surface area (Å²) >= 11 is 0. The number of hydrogen-bond acceptors (Lipinski definition) is 4. The van der Waals surface area contributed by atoms with Crippen molar-refractivity contribution in [2.24, 2.45) is 0 Å². The van der Waals surface area contributed by atoms with Gasteiger partial charge in [-0.15, -0.1) is 0 Å². The highest BCUT2D eigenvalue weighted by Gasteiger charge is 2.28. The second-order valence-corrected chi connectivity index (χ2v) is 6.32. The van der Waals surface area contributed by atoms with Crippen LogP contribution in [-0.2, 0) is 11.3 Å². The molecule has 0 aliphatic carbocycles. The van der Waals surface area contributed by atoms with Gasteiger partial charge in [-0.25, -0.2) is 0 Å². The molecule has 124 valence electrons. The molecule has 1 fully saturated rings. The van der Waals surface area contributed by atoms with E-state index in [0.717, 1.165) is 17.1 Å². The van der Waals surface area contributed by atoms with Crippen LogP contribution in [0.25, 0.3) is 0 Å². The number of hydrogen-bond donors (Lipinski definition) is 0. The van der Waals surface area contributed by atoms with E-state index in [0.29, 0.717) is 25.4 Å². The van der Waals surface area contributed by atoms with E-state index in [2.05, 4.69) is 5.10 Å². The monoisotopic (exact) mass is 317 g/mol. The largest absolute Gasteiger partial charge is 0.454 e. The summed E-state index contributed by atoms with van der Waals surface area (Å²) in [5, 5.41) is 4.41. The van der Waals surface area contributed by atoms with Crippen LogP contribution in [0.3, 0.4) is 0 Å². The van der Waals surface area contributed by atoms with Gasteiger partial charge < -0.3 is 14.1 Å². The fourth-order valence-corrected chi connectivity index (χ4v) is 3.06. The van der Waals surface area contributed by atoms with Gasteiger partial charge in [-0.1, -0.05) is 0 Å². The topological polar surface area (TPSA) is 60.5 Å². The van der Waals surface area contributed by atoms with Crippen LogP contribution in [0.1, 0.15) is 41.6 Å². The Morgan fingerprint density at radius 2 is 1.96 bits per heavy atom. The highest BCUT2D eigenvalue weighted by atomic mass is 16.5. The molecule has 0 N–H and O–H groups in total. The molecule has 1 aliphatic heterocycles. The molecule has 3 heterocycles. The summed E-state index contributed by atoms with van der Waals surface area (Å²) in [5.41, 5.74) is 2.05. The predicted octanol–water partition coefficient (Wildman–Crippen LogP) is 2.39. The zero-order chi connectivity index (χ0) is 16.6. The van der Waals surface area contributed by atoms with Crippen molar-refractivity contribution in [3.63, 3.8) is 0 Å². The molecule has 0 spiro atoms. The molecule has 2 aromatic rings. The van der Waals surface area contributed by atoms with Crippen LogP contribution in [0.4, 0.5) is 0 Å². The van der Waals surface area contributed by atoms with E-state index in [1.165, 1.54) is 0 Å². The first-order chi connectivity index (χ1) is 10.9. The molecule has 0 saturated carbocycles. The van der Waals surface area contributed by atoms with Crippen molar-refractivity contribution in [1.82, 2.24) is 14.7 Å². The number of rotatable bonds is 3. The van der Waals surface area contributed by atoms with Crippen LogP contribution in [0.5, 0.6) is 0 Å². The van der Waals surface area contributed by atoms with Crippen LogP contribution in [-0.4, -0.2) is 45.9 Å². The Morgan fingerprint density at radius 3 is 2.57 bits per heavy atom. The van der Waals surface area contributed by atoms with Crippen molar-refractivity contribution in [3.05, 3.63) is 41.1 Å². The molecular formula is C17H23N3O3. The van der Waals surface area contributed by atoms with Gasteiger partial charge in [0.25, 0.3) is 5.91 Å². The third-order valence-electron chi connectivity index (χ3n) is 3.99. The maximum atomic E-state index is 12.6. The SMILES string of the molecule is Cc1cc(C)n(Cc2ccc(C(=O)N3C[C@@H](C)O[C@H](C)C3)o2)n1. The first-order valence-corrected chi connectivity index (χ1v) is 7.97. The van der Waals surface area contributed by atoms with Crippen LogP contribution < -0.4 is 0 Å². The lowest BCUT2D eigenvalue weighted by molar-refractivity contribution is -0.0592. The van der Waals surface area contributed by atoms with Gasteiger partial charge in [0.1, 0.15) is 5.76 Å². The van der Waals surface area contributed by atoms with Gasteiger partial charge >= 0.3 is 0 Å². The molecule has 23 heavy (non-hydrogen) atoms. The second kappa shape index (κ2) is 6.20. The van der Waals surface area contributed by atoms with E-state index >= 15 is 0 Å². The van der Waals surface area contributed by atoms with E-state index in [1.54, 1.807) is 11.0 Å². The fraction of sp³-hybridized carbons (Fsp3) is 0.529.